The predicted molar refractivity (Wildman–Crippen MR) is 344 cm³/mol. The van der Waals surface area contributed by atoms with Crippen LogP contribution in [0.3, 0.4) is 0 Å². The first-order valence-electron chi connectivity index (χ1n) is 35.1. The molecule has 0 radical (unpaired) electrons. The van der Waals surface area contributed by atoms with Crippen LogP contribution in [-0.2, 0) is 28.6 Å². The number of unbranched alkanes of at least 4 members (excludes halogenated alkanes) is 46. The second kappa shape index (κ2) is 67.9. The van der Waals surface area contributed by atoms with Gasteiger partial charge >= 0.3 is 17.9 Å². The summed E-state index contributed by atoms with van der Waals surface area (Å²) in [5, 5.41) is 0. The number of esters is 3. The molecule has 0 aromatic rings. The molecule has 0 fully saturated rings. The van der Waals surface area contributed by atoms with E-state index in [1.54, 1.807) is 0 Å². The Kier molecular flexibility index (Phi) is 65.6. The van der Waals surface area contributed by atoms with Crippen LogP contribution in [0, 0.1) is 0 Å². The van der Waals surface area contributed by atoms with Gasteiger partial charge in [0.25, 0.3) is 0 Å². The molecule has 79 heavy (non-hydrogen) atoms. The van der Waals surface area contributed by atoms with Crippen LogP contribution < -0.4 is 0 Å². The third-order valence-electron chi connectivity index (χ3n) is 15.8. The van der Waals surface area contributed by atoms with Crippen molar-refractivity contribution < 1.29 is 28.6 Å². The van der Waals surface area contributed by atoms with Crippen LogP contribution in [-0.4, -0.2) is 37.2 Å². The number of hydrogen-bond acceptors (Lipinski definition) is 6. The van der Waals surface area contributed by atoms with Crippen LogP contribution in [0.2, 0.25) is 0 Å². The smallest absolute Gasteiger partial charge is 0.306 e. The normalized spacial score (nSPS) is 12.3. The molecular weight excluding hydrogens is 973 g/mol. The first-order valence-corrected chi connectivity index (χ1v) is 35.1. The van der Waals surface area contributed by atoms with E-state index in [0.29, 0.717) is 19.3 Å². The molecule has 0 amide bonds. The summed E-state index contributed by atoms with van der Waals surface area (Å²) in [6.07, 6.45) is 85.9. The third kappa shape index (κ3) is 66.1. The lowest BCUT2D eigenvalue weighted by Gasteiger charge is -2.18. The monoisotopic (exact) mass is 1110 g/mol. The van der Waals surface area contributed by atoms with E-state index in [0.717, 1.165) is 77.0 Å². The summed E-state index contributed by atoms with van der Waals surface area (Å²) >= 11 is 0. The number of rotatable bonds is 65. The van der Waals surface area contributed by atoms with Crippen LogP contribution in [0.25, 0.3) is 0 Å². The Morgan fingerprint density at radius 3 is 0.747 bits per heavy atom. The van der Waals surface area contributed by atoms with Gasteiger partial charge in [0.15, 0.2) is 6.10 Å². The molecule has 6 heteroatoms. The lowest BCUT2D eigenvalue weighted by Crippen LogP contribution is -2.30. The van der Waals surface area contributed by atoms with E-state index >= 15 is 0 Å². The lowest BCUT2D eigenvalue weighted by atomic mass is 10.0. The van der Waals surface area contributed by atoms with Gasteiger partial charge in [0.05, 0.1) is 0 Å². The third-order valence-corrected chi connectivity index (χ3v) is 15.8. The lowest BCUT2D eigenvalue weighted by molar-refractivity contribution is -0.167. The average Bonchev–Trinajstić information content (AvgIpc) is 3.45. The molecule has 1 atom stereocenters. The fourth-order valence-electron chi connectivity index (χ4n) is 10.5. The highest BCUT2D eigenvalue weighted by Crippen LogP contribution is 2.18. The Balaban J connectivity index is 4.02. The van der Waals surface area contributed by atoms with Gasteiger partial charge in [-0.15, -0.1) is 0 Å². The number of carbonyl (C=O) groups is 3. The molecule has 0 heterocycles. The van der Waals surface area contributed by atoms with Gasteiger partial charge in [-0.05, 0) is 96.3 Å². The van der Waals surface area contributed by atoms with Crippen LogP contribution in [0.1, 0.15) is 380 Å². The first-order chi connectivity index (χ1) is 39.0. The van der Waals surface area contributed by atoms with E-state index in [1.807, 2.05) is 0 Å². The summed E-state index contributed by atoms with van der Waals surface area (Å²) in [5.74, 6) is -0.872. The molecule has 462 valence electrons. The Morgan fingerprint density at radius 1 is 0.253 bits per heavy atom. The summed E-state index contributed by atoms with van der Waals surface area (Å²) in [6.45, 7) is 6.62. The largest absolute Gasteiger partial charge is 0.462 e. The van der Waals surface area contributed by atoms with Gasteiger partial charge in [-0.25, -0.2) is 0 Å². The molecular formula is C73H134O6. The van der Waals surface area contributed by atoms with Crippen molar-refractivity contribution in [1.82, 2.24) is 0 Å². The van der Waals surface area contributed by atoms with E-state index in [1.165, 1.54) is 263 Å². The minimum atomic E-state index is -0.778. The topological polar surface area (TPSA) is 78.9 Å². The molecule has 0 aromatic heterocycles. The van der Waals surface area contributed by atoms with Gasteiger partial charge in [0.2, 0.25) is 0 Å². The van der Waals surface area contributed by atoms with Gasteiger partial charge in [-0.3, -0.25) is 14.4 Å². The van der Waals surface area contributed by atoms with Crippen molar-refractivity contribution in [3.05, 3.63) is 48.6 Å². The number of carbonyl (C=O) groups excluding carboxylic acids is 3. The molecule has 0 spiro atoms. The molecule has 0 saturated carbocycles. The van der Waals surface area contributed by atoms with Gasteiger partial charge < -0.3 is 14.2 Å². The highest BCUT2D eigenvalue weighted by atomic mass is 16.6. The van der Waals surface area contributed by atoms with Crippen LogP contribution in [0.4, 0.5) is 0 Å². The quantitative estimate of drug-likeness (QED) is 0.0261. The van der Waals surface area contributed by atoms with E-state index < -0.39 is 6.10 Å². The Morgan fingerprint density at radius 2 is 0.468 bits per heavy atom. The van der Waals surface area contributed by atoms with Gasteiger partial charge in [-0.1, -0.05) is 313 Å². The zero-order chi connectivity index (χ0) is 57.1. The number of ether oxygens (including phenoxy) is 3. The first kappa shape index (κ1) is 76.4. The molecule has 0 N–H and O–H groups in total. The van der Waals surface area contributed by atoms with Crippen molar-refractivity contribution in [2.75, 3.05) is 13.2 Å². The number of allylic oxidation sites excluding steroid dienone is 8. The molecule has 0 aliphatic heterocycles. The zero-order valence-corrected chi connectivity index (χ0v) is 53.2. The molecule has 0 bridgehead atoms. The van der Waals surface area contributed by atoms with Crippen molar-refractivity contribution in [1.29, 1.82) is 0 Å². The van der Waals surface area contributed by atoms with E-state index in [4.69, 9.17) is 14.2 Å². The molecule has 1 unspecified atom stereocenters. The van der Waals surface area contributed by atoms with Crippen molar-refractivity contribution in [2.45, 2.75) is 386 Å². The summed E-state index contributed by atoms with van der Waals surface area (Å²) in [6, 6.07) is 0. The van der Waals surface area contributed by atoms with E-state index in [9.17, 15) is 14.4 Å². The molecule has 0 aromatic carbocycles. The maximum atomic E-state index is 12.9. The fourth-order valence-corrected chi connectivity index (χ4v) is 10.5. The molecule has 0 aliphatic carbocycles. The molecule has 0 aliphatic rings. The minimum absolute atomic E-state index is 0.0747. The molecule has 6 nitrogen and oxygen atoms in total. The number of hydrogen-bond donors (Lipinski definition) is 0. The molecule has 0 saturated heterocycles. The van der Waals surface area contributed by atoms with Gasteiger partial charge in [0, 0.05) is 19.3 Å². The predicted octanol–water partition coefficient (Wildman–Crippen LogP) is 24.1. The Hall–Kier alpha value is -2.63. The maximum absolute atomic E-state index is 12.9. The van der Waals surface area contributed by atoms with Crippen molar-refractivity contribution >= 4 is 17.9 Å². The van der Waals surface area contributed by atoms with Crippen LogP contribution in [0.5, 0.6) is 0 Å². The fraction of sp³-hybridized carbons (Fsp3) is 0.849. The highest BCUT2D eigenvalue weighted by Gasteiger charge is 2.19. The van der Waals surface area contributed by atoms with Crippen molar-refractivity contribution in [3.63, 3.8) is 0 Å². The zero-order valence-electron chi connectivity index (χ0n) is 53.2. The summed E-state index contributed by atoms with van der Waals surface area (Å²) in [4.78, 5) is 38.2. The van der Waals surface area contributed by atoms with Crippen LogP contribution in [0.15, 0.2) is 48.6 Å². The summed E-state index contributed by atoms with van der Waals surface area (Å²) < 4.78 is 16.9. The van der Waals surface area contributed by atoms with Gasteiger partial charge in [-0.2, -0.15) is 0 Å². The maximum Gasteiger partial charge on any atom is 0.306 e. The van der Waals surface area contributed by atoms with Crippen LogP contribution >= 0.6 is 0 Å². The summed E-state index contributed by atoms with van der Waals surface area (Å²) in [7, 11) is 0. The molecule has 0 rings (SSSR count). The Labute approximate surface area is 492 Å². The minimum Gasteiger partial charge on any atom is -0.462 e. The second-order valence-electron chi connectivity index (χ2n) is 23.8. The highest BCUT2D eigenvalue weighted by molar-refractivity contribution is 5.71. The SMILES string of the molecule is CCCC/C=C\CCCCCCCC(=O)OCC(COC(=O)CCCCCCCCCCCCCCCCCCCCCCCCC/C=C\C/C=C\CCCCCCC)OC(=O)CCCCCCC/C=C\CCCCCCCC. The van der Waals surface area contributed by atoms with E-state index in [-0.39, 0.29) is 31.1 Å². The Bertz CT molecular complexity index is 1360. The standard InChI is InChI=1S/C73H134O6/c1-4-7-10-13-16-19-22-24-26-27-28-29-30-31-32-33-34-35-36-37-38-39-40-41-42-43-44-45-47-48-51-54-57-60-63-66-72(75)78-69-70(68-77-71(74)65-62-59-56-53-50-21-18-15-12-9-6-3)79-73(76)67-64-61-58-55-52-49-46-25-23-20-17-14-11-8-5-2/h15,18,22,24-25,27-28,46,70H,4-14,16-17,19-21,23,26,29-45,47-69H2,1-3H3/b18-15-,24-22-,28-27-,46-25-. The average molecular weight is 1110 g/mol. The second-order valence-corrected chi connectivity index (χ2v) is 23.8. The van der Waals surface area contributed by atoms with E-state index in [2.05, 4.69) is 69.4 Å². The van der Waals surface area contributed by atoms with Crippen molar-refractivity contribution in [2.24, 2.45) is 0 Å². The van der Waals surface area contributed by atoms with Gasteiger partial charge in [0.1, 0.15) is 13.2 Å². The van der Waals surface area contributed by atoms with Crippen molar-refractivity contribution in [3.8, 4) is 0 Å². The summed E-state index contributed by atoms with van der Waals surface area (Å²) in [5.41, 5.74) is 0.